The first-order chi connectivity index (χ1) is 11.1. The van der Waals surface area contributed by atoms with Crippen LogP contribution in [0, 0.1) is 5.92 Å². The van der Waals surface area contributed by atoms with Gasteiger partial charge in [0.15, 0.2) is 0 Å². The van der Waals surface area contributed by atoms with Crippen LogP contribution in [0.25, 0.3) is 11.0 Å². The van der Waals surface area contributed by atoms with Crippen molar-refractivity contribution in [1.29, 1.82) is 0 Å². The molecule has 4 heteroatoms. The molecule has 4 nitrogen and oxygen atoms in total. The molecule has 0 unspecified atom stereocenters. The summed E-state index contributed by atoms with van der Waals surface area (Å²) in [5, 5.41) is 4.10. The maximum atomic E-state index is 12.4. The number of carbonyl (C=O) groups excluding carboxylic acids is 1. The molecule has 1 amide bonds. The van der Waals surface area contributed by atoms with Crippen molar-refractivity contribution in [1.82, 2.24) is 5.32 Å². The number of furan rings is 1. The molecule has 0 saturated carbocycles. The number of nitrogens with one attached hydrogen (secondary N) is 1. The number of fused-ring (bicyclic) bond motifs is 1. The van der Waals surface area contributed by atoms with Crippen LogP contribution in [0.1, 0.15) is 25.5 Å². The van der Waals surface area contributed by atoms with Crippen LogP contribution in [0.2, 0.25) is 0 Å². The molecule has 1 aromatic heterocycles. The third-order valence-electron chi connectivity index (χ3n) is 4.29. The number of hydrogen-bond acceptors (Lipinski definition) is 3. The van der Waals surface area contributed by atoms with E-state index in [0.29, 0.717) is 19.6 Å². The van der Waals surface area contributed by atoms with Crippen LogP contribution < -0.4 is 5.32 Å². The number of carbonyl (C=O) groups is 1. The molecule has 1 aliphatic rings. The molecule has 2 heterocycles. The summed E-state index contributed by atoms with van der Waals surface area (Å²) in [7, 11) is 0. The lowest BCUT2D eigenvalue weighted by molar-refractivity contribution is -0.132. The fraction of sp³-hybridized carbons (Fsp3) is 0.421. The monoisotopic (exact) mass is 313 g/mol. The zero-order chi connectivity index (χ0) is 16.2. The van der Waals surface area contributed by atoms with Crippen molar-refractivity contribution in [3.63, 3.8) is 0 Å². The Labute approximate surface area is 136 Å². The maximum Gasteiger partial charge on any atom is 0.226 e. The molecule has 1 aliphatic heterocycles. The molecule has 23 heavy (non-hydrogen) atoms. The number of para-hydroxylation sites is 1. The van der Waals surface area contributed by atoms with Gasteiger partial charge in [0, 0.05) is 25.0 Å². The van der Waals surface area contributed by atoms with E-state index in [-0.39, 0.29) is 17.9 Å². The highest BCUT2D eigenvalue weighted by atomic mass is 16.5. The summed E-state index contributed by atoms with van der Waals surface area (Å²) in [5.74, 6) is 0.813. The lowest BCUT2D eigenvalue weighted by Gasteiger charge is -2.31. The number of hydrogen-bond donors (Lipinski definition) is 1. The topological polar surface area (TPSA) is 51.5 Å². The van der Waals surface area contributed by atoms with Gasteiger partial charge in [-0.05, 0) is 31.9 Å². The van der Waals surface area contributed by atoms with Crippen LogP contribution in [0.15, 0.2) is 46.9 Å². The van der Waals surface area contributed by atoms with Gasteiger partial charge in [-0.3, -0.25) is 4.79 Å². The Balaban J connectivity index is 1.55. The smallest absolute Gasteiger partial charge is 0.226 e. The van der Waals surface area contributed by atoms with Gasteiger partial charge in [-0.1, -0.05) is 30.4 Å². The van der Waals surface area contributed by atoms with Gasteiger partial charge < -0.3 is 14.5 Å². The van der Waals surface area contributed by atoms with Crippen LogP contribution in [0.5, 0.6) is 0 Å². The summed E-state index contributed by atoms with van der Waals surface area (Å²) in [6.45, 7) is 7.14. The number of benzene rings is 1. The van der Waals surface area contributed by atoms with E-state index in [1.54, 1.807) is 0 Å². The van der Waals surface area contributed by atoms with Crippen LogP contribution in [-0.4, -0.2) is 25.2 Å². The average Bonchev–Trinajstić information content (AvgIpc) is 2.97. The highest BCUT2D eigenvalue weighted by molar-refractivity contribution is 5.80. The molecule has 0 aliphatic carbocycles. The van der Waals surface area contributed by atoms with E-state index in [0.717, 1.165) is 35.1 Å². The van der Waals surface area contributed by atoms with Crippen molar-refractivity contribution >= 4 is 16.9 Å². The van der Waals surface area contributed by atoms with Gasteiger partial charge >= 0.3 is 0 Å². The zero-order valence-corrected chi connectivity index (χ0v) is 13.5. The summed E-state index contributed by atoms with van der Waals surface area (Å²) in [6.07, 6.45) is 2.31. The summed E-state index contributed by atoms with van der Waals surface area (Å²) in [5.41, 5.74) is 1.80. The summed E-state index contributed by atoms with van der Waals surface area (Å²) in [4.78, 5) is 12.4. The quantitative estimate of drug-likeness (QED) is 0.860. The molecule has 2 atom stereocenters. The Hall–Kier alpha value is -2.07. The van der Waals surface area contributed by atoms with Gasteiger partial charge in [-0.2, -0.15) is 0 Å². The summed E-state index contributed by atoms with van der Waals surface area (Å²) in [6, 6.07) is 9.95. The predicted octanol–water partition coefficient (Wildman–Crippen LogP) is 3.46. The van der Waals surface area contributed by atoms with Gasteiger partial charge in [-0.15, -0.1) is 0 Å². The lowest BCUT2D eigenvalue weighted by Crippen LogP contribution is -2.42. The zero-order valence-electron chi connectivity index (χ0n) is 13.5. The highest BCUT2D eigenvalue weighted by Crippen LogP contribution is 2.25. The second-order valence-electron chi connectivity index (χ2n) is 6.18. The molecule has 1 aromatic carbocycles. The normalized spacial score (nSPS) is 21.3. The Morgan fingerprint density at radius 1 is 1.39 bits per heavy atom. The van der Waals surface area contributed by atoms with E-state index >= 15 is 0 Å². The van der Waals surface area contributed by atoms with Crippen molar-refractivity contribution in [2.24, 2.45) is 5.92 Å². The van der Waals surface area contributed by atoms with E-state index in [1.807, 2.05) is 37.3 Å². The van der Waals surface area contributed by atoms with Crippen molar-refractivity contribution in [3.8, 4) is 0 Å². The fourth-order valence-electron chi connectivity index (χ4n) is 3.14. The second-order valence-corrected chi connectivity index (χ2v) is 6.18. The minimum atomic E-state index is -0.157. The maximum absolute atomic E-state index is 12.4. The standard InChI is InChI=1S/C19H23NO3/c1-13(2)18-16(7-5-11-22-18)19(21)20-10-9-15-12-14-6-3-4-8-17(14)23-15/h3-4,6,8,12,16,18H,1,5,7,9-11H2,2H3,(H,20,21)/t16-,18-/m1/s1. The Bertz CT molecular complexity index is 670. The molecule has 1 N–H and O–H groups in total. The van der Waals surface area contributed by atoms with Crippen LogP contribution in [-0.2, 0) is 16.0 Å². The van der Waals surface area contributed by atoms with Gasteiger partial charge in [0.1, 0.15) is 11.3 Å². The molecular formula is C19H23NO3. The molecule has 1 fully saturated rings. The van der Waals surface area contributed by atoms with Crippen LogP contribution in [0.4, 0.5) is 0 Å². The molecule has 0 spiro atoms. The van der Waals surface area contributed by atoms with E-state index in [1.165, 1.54) is 0 Å². The molecular weight excluding hydrogens is 290 g/mol. The number of rotatable bonds is 5. The highest BCUT2D eigenvalue weighted by Gasteiger charge is 2.32. The fourth-order valence-corrected chi connectivity index (χ4v) is 3.14. The van der Waals surface area contributed by atoms with Crippen molar-refractivity contribution in [2.75, 3.05) is 13.2 Å². The summed E-state index contributed by atoms with van der Waals surface area (Å²) >= 11 is 0. The van der Waals surface area contributed by atoms with E-state index in [4.69, 9.17) is 9.15 Å². The molecule has 0 bridgehead atoms. The van der Waals surface area contributed by atoms with E-state index < -0.39 is 0 Å². The molecule has 122 valence electrons. The summed E-state index contributed by atoms with van der Waals surface area (Å²) < 4.78 is 11.5. The first kappa shape index (κ1) is 15.8. The van der Waals surface area contributed by atoms with E-state index in [9.17, 15) is 4.79 Å². The third-order valence-corrected chi connectivity index (χ3v) is 4.29. The Kier molecular flexibility index (Phi) is 4.82. The van der Waals surface area contributed by atoms with Gasteiger partial charge in [-0.25, -0.2) is 0 Å². The first-order valence-corrected chi connectivity index (χ1v) is 8.17. The third kappa shape index (κ3) is 3.64. The molecule has 2 aromatic rings. The van der Waals surface area contributed by atoms with Crippen molar-refractivity contribution < 1.29 is 13.9 Å². The lowest BCUT2D eigenvalue weighted by atomic mass is 9.89. The van der Waals surface area contributed by atoms with Crippen LogP contribution in [0.3, 0.4) is 0 Å². The number of amides is 1. The molecule has 1 saturated heterocycles. The SMILES string of the molecule is C=C(C)[C@H]1OCCC[C@H]1C(=O)NCCc1cc2ccccc2o1. The van der Waals surface area contributed by atoms with Gasteiger partial charge in [0.25, 0.3) is 0 Å². The van der Waals surface area contributed by atoms with Crippen molar-refractivity contribution in [2.45, 2.75) is 32.3 Å². The minimum Gasteiger partial charge on any atom is -0.461 e. The van der Waals surface area contributed by atoms with E-state index in [2.05, 4.69) is 11.9 Å². The molecule has 0 radical (unpaired) electrons. The average molecular weight is 313 g/mol. The van der Waals surface area contributed by atoms with Crippen molar-refractivity contribution in [3.05, 3.63) is 48.2 Å². The largest absolute Gasteiger partial charge is 0.461 e. The Morgan fingerprint density at radius 2 is 2.22 bits per heavy atom. The minimum absolute atomic E-state index is 0.0498. The van der Waals surface area contributed by atoms with Gasteiger partial charge in [0.05, 0.1) is 12.0 Å². The first-order valence-electron chi connectivity index (χ1n) is 8.17. The molecule has 3 rings (SSSR count). The predicted molar refractivity (Wildman–Crippen MR) is 90.2 cm³/mol. The van der Waals surface area contributed by atoms with Crippen LogP contribution >= 0.6 is 0 Å². The Morgan fingerprint density at radius 3 is 3.00 bits per heavy atom. The number of ether oxygens (including phenoxy) is 1. The van der Waals surface area contributed by atoms with Gasteiger partial charge in [0.2, 0.25) is 5.91 Å². The second kappa shape index (κ2) is 7.01.